The van der Waals surface area contributed by atoms with E-state index in [9.17, 15) is 14.9 Å². The molecule has 30 heavy (non-hydrogen) atoms. The van der Waals surface area contributed by atoms with Crippen LogP contribution in [0.15, 0.2) is 66.0 Å². The number of nitriles is 1. The maximum atomic E-state index is 13.0. The van der Waals surface area contributed by atoms with Gasteiger partial charge in [0.1, 0.15) is 0 Å². The van der Waals surface area contributed by atoms with Crippen molar-refractivity contribution in [2.24, 2.45) is 0 Å². The van der Waals surface area contributed by atoms with Gasteiger partial charge in [0.05, 0.1) is 16.5 Å². The van der Waals surface area contributed by atoms with Crippen molar-refractivity contribution in [3.8, 4) is 6.07 Å². The van der Waals surface area contributed by atoms with Crippen molar-refractivity contribution in [3.63, 3.8) is 0 Å². The highest BCUT2D eigenvalue weighted by molar-refractivity contribution is 7.12. The maximum absolute atomic E-state index is 13.0. The Morgan fingerprint density at radius 1 is 1.07 bits per heavy atom. The molecule has 0 atom stereocenters. The van der Waals surface area contributed by atoms with Gasteiger partial charge in [0.25, 0.3) is 5.91 Å². The molecular weight excluding hydrogens is 396 g/mol. The first kappa shape index (κ1) is 19.7. The number of urea groups is 1. The van der Waals surface area contributed by atoms with Crippen molar-refractivity contribution in [2.45, 2.75) is 13.0 Å². The summed E-state index contributed by atoms with van der Waals surface area (Å²) in [6.07, 6.45) is 0.845. The number of benzene rings is 2. The molecule has 0 spiro atoms. The van der Waals surface area contributed by atoms with Gasteiger partial charge in [0, 0.05) is 31.0 Å². The van der Waals surface area contributed by atoms with E-state index in [1.54, 1.807) is 34.1 Å². The van der Waals surface area contributed by atoms with Gasteiger partial charge in [0.15, 0.2) is 0 Å². The van der Waals surface area contributed by atoms with Crippen LogP contribution in [0.1, 0.15) is 27.2 Å². The van der Waals surface area contributed by atoms with Crippen LogP contribution in [0.25, 0.3) is 0 Å². The third kappa shape index (κ3) is 4.19. The van der Waals surface area contributed by atoms with Gasteiger partial charge in [-0.3, -0.25) is 9.69 Å². The average molecular weight is 417 g/mol. The van der Waals surface area contributed by atoms with Crippen LogP contribution in [0.2, 0.25) is 0 Å². The van der Waals surface area contributed by atoms with Crippen LogP contribution in [0.4, 0.5) is 16.2 Å². The number of nitrogens with zero attached hydrogens (tertiary/aromatic N) is 3. The van der Waals surface area contributed by atoms with Crippen LogP contribution in [-0.4, -0.2) is 29.9 Å². The summed E-state index contributed by atoms with van der Waals surface area (Å²) in [6.45, 7) is 1.70. The van der Waals surface area contributed by atoms with E-state index in [0.717, 1.165) is 17.7 Å². The lowest BCUT2D eigenvalue weighted by Crippen LogP contribution is -2.49. The Kier molecular flexibility index (Phi) is 5.77. The number of nitrogens with one attached hydrogen (secondary N) is 1. The molecule has 1 aliphatic rings. The summed E-state index contributed by atoms with van der Waals surface area (Å²) in [4.78, 5) is 29.4. The van der Waals surface area contributed by atoms with Crippen molar-refractivity contribution >= 4 is 34.6 Å². The van der Waals surface area contributed by atoms with Gasteiger partial charge < -0.3 is 10.2 Å². The molecular formula is C23H20N4O2S. The van der Waals surface area contributed by atoms with Crippen LogP contribution in [-0.2, 0) is 6.54 Å². The van der Waals surface area contributed by atoms with E-state index in [2.05, 4.69) is 11.4 Å². The number of hydrogen-bond acceptors (Lipinski definition) is 4. The van der Waals surface area contributed by atoms with Crippen LogP contribution in [0, 0.1) is 11.3 Å². The third-order valence-corrected chi connectivity index (χ3v) is 5.86. The fourth-order valence-corrected chi connectivity index (χ4v) is 4.08. The fraction of sp³-hybridized carbons (Fsp3) is 0.174. The average Bonchev–Trinajstić information content (AvgIpc) is 3.31. The molecule has 3 amide bonds. The van der Waals surface area contributed by atoms with E-state index >= 15 is 0 Å². The molecule has 3 aromatic rings. The third-order valence-electron chi connectivity index (χ3n) is 4.99. The number of thiophene rings is 1. The van der Waals surface area contributed by atoms with Gasteiger partial charge >= 0.3 is 6.03 Å². The second kappa shape index (κ2) is 8.80. The quantitative estimate of drug-likeness (QED) is 0.655. The van der Waals surface area contributed by atoms with Gasteiger partial charge in [-0.1, -0.05) is 24.3 Å². The molecule has 0 aliphatic carbocycles. The number of hydrogen-bond donors (Lipinski definition) is 1. The van der Waals surface area contributed by atoms with E-state index in [-0.39, 0.29) is 11.9 Å². The number of carbonyl (C=O) groups excluding carboxylic acids is 2. The Morgan fingerprint density at radius 2 is 1.87 bits per heavy atom. The number of amides is 3. The maximum Gasteiger partial charge on any atom is 0.324 e. The molecule has 2 aromatic carbocycles. The molecule has 1 fully saturated rings. The molecule has 1 aliphatic heterocycles. The second-order valence-corrected chi connectivity index (χ2v) is 7.90. The molecule has 0 radical (unpaired) electrons. The molecule has 1 N–H and O–H groups in total. The van der Waals surface area contributed by atoms with Crippen molar-refractivity contribution in [3.05, 3.63) is 82.0 Å². The van der Waals surface area contributed by atoms with E-state index in [0.29, 0.717) is 35.8 Å². The Bertz CT molecular complexity index is 1090. The van der Waals surface area contributed by atoms with Crippen LogP contribution < -0.4 is 10.2 Å². The van der Waals surface area contributed by atoms with Gasteiger partial charge in [-0.05, 0) is 53.8 Å². The summed E-state index contributed by atoms with van der Waals surface area (Å²) in [5.74, 6) is -0.144. The van der Waals surface area contributed by atoms with E-state index in [1.165, 1.54) is 11.3 Å². The van der Waals surface area contributed by atoms with Crippen molar-refractivity contribution < 1.29 is 9.59 Å². The summed E-state index contributed by atoms with van der Waals surface area (Å²) in [6, 6.07) is 20.4. The minimum Gasteiger partial charge on any atom is -0.321 e. The highest BCUT2D eigenvalue weighted by atomic mass is 32.1. The first-order valence-corrected chi connectivity index (χ1v) is 10.5. The second-order valence-electron chi connectivity index (χ2n) is 6.96. The molecule has 0 unspecified atom stereocenters. The summed E-state index contributed by atoms with van der Waals surface area (Å²) in [7, 11) is 0. The lowest BCUT2D eigenvalue weighted by atomic mass is 10.1. The molecule has 7 heteroatoms. The highest BCUT2D eigenvalue weighted by Gasteiger charge is 2.27. The zero-order valence-corrected chi connectivity index (χ0v) is 17.1. The molecule has 1 aromatic heterocycles. The number of rotatable bonds is 5. The minimum atomic E-state index is -0.144. The lowest BCUT2D eigenvalue weighted by molar-refractivity contribution is 0.103. The highest BCUT2D eigenvalue weighted by Crippen LogP contribution is 2.24. The number of carbonyl (C=O) groups is 2. The predicted molar refractivity (Wildman–Crippen MR) is 118 cm³/mol. The summed E-state index contributed by atoms with van der Waals surface area (Å²) >= 11 is 1.39. The molecule has 0 bridgehead atoms. The largest absolute Gasteiger partial charge is 0.324 e. The minimum absolute atomic E-state index is 0.0793. The van der Waals surface area contributed by atoms with E-state index < -0.39 is 0 Å². The Morgan fingerprint density at radius 3 is 2.60 bits per heavy atom. The molecule has 150 valence electrons. The van der Waals surface area contributed by atoms with Crippen LogP contribution >= 0.6 is 11.3 Å². The van der Waals surface area contributed by atoms with Gasteiger partial charge in [-0.25, -0.2) is 4.79 Å². The fourth-order valence-electron chi connectivity index (χ4n) is 3.47. The Hall–Kier alpha value is -3.63. The Labute approximate surface area is 179 Å². The topological polar surface area (TPSA) is 76.4 Å². The first-order chi connectivity index (χ1) is 14.7. The van der Waals surface area contributed by atoms with Crippen molar-refractivity contribution in [2.75, 3.05) is 23.3 Å². The summed E-state index contributed by atoms with van der Waals surface area (Å²) in [5, 5.41) is 14.0. The standard InChI is InChI=1S/C23H20N4O2S/c24-15-17-5-1-2-6-18(17)16-26-12-4-13-27(23(26)29)20-10-8-19(9-11-20)25-22(28)21-7-3-14-30-21/h1-3,5-11,14H,4,12-13,16H2,(H,25,28). The normalized spacial score (nSPS) is 13.8. The molecule has 2 heterocycles. The molecule has 0 saturated carbocycles. The predicted octanol–water partition coefficient (Wildman–Crippen LogP) is 4.70. The molecule has 6 nitrogen and oxygen atoms in total. The number of anilines is 2. The lowest BCUT2D eigenvalue weighted by Gasteiger charge is -2.36. The Balaban J connectivity index is 1.45. The summed E-state index contributed by atoms with van der Waals surface area (Å²) in [5.41, 5.74) is 2.91. The smallest absolute Gasteiger partial charge is 0.321 e. The van der Waals surface area contributed by atoms with Gasteiger partial charge in [0.2, 0.25) is 0 Å². The zero-order valence-electron chi connectivity index (χ0n) is 16.2. The van der Waals surface area contributed by atoms with Crippen LogP contribution in [0.5, 0.6) is 0 Å². The van der Waals surface area contributed by atoms with E-state index in [4.69, 9.17) is 0 Å². The van der Waals surface area contributed by atoms with Crippen LogP contribution in [0.3, 0.4) is 0 Å². The van der Waals surface area contributed by atoms with Gasteiger partial charge in [-0.15, -0.1) is 11.3 Å². The van der Waals surface area contributed by atoms with Crippen molar-refractivity contribution in [1.82, 2.24) is 4.90 Å². The zero-order chi connectivity index (χ0) is 20.9. The molecule has 4 rings (SSSR count). The van der Waals surface area contributed by atoms with Crippen molar-refractivity contribution in [1.29, 1.82) is 5.26 Å². The van der Waals surface area contributed by atoms with Gasteiger partial charge in [-0.2, -0.15) is 5.26 Å². The first-order valence-electron chi connectivity index (χ1n) is 9.65. The monoisotopic (exact) mass is 416 g/mol. The molecule has 1 saturated heterocycles. The SMILES string of the molecule is N#Cc1ccccc1CN1CCCN(c2ccc(NC(=O)c3cccs3)cc2)C1=O. The summed E-state index contributed by atoms with van der Waals surface area (Å²) < 4.78 is 0. The van der Waals surface area contributed by atoms with E-state index in [1.807, 2.05) is 41.8 Å².